The van der Waals surface area contributed by atoms with E-state index in [-0.39, 0.29) is 13.1 Å². The van der Waals surface area contributed by atoms with Crippen molar-refractivity contribution < 1.29 is 17.9 Å². The average Bonchev–Trinajstić information content (AvgIpc) is 3.27. The van der Waals surface area contributed by atoms with E-state index in [4.69, 9.17) is 4.74 Å². The number of imidazole rings is 1. The molecule has 4 rings (SSSR count). The van der Waals surface area contributed by atoms with Gasteiger partial charge in [-0.25, -0.2) is 9.97 Å². The smallest absolute Gasteiger partial charge is 0.395 e. The average molecular weight is 377 g/mol. The van der Waals surface area contributed by atoms with Gasteiger partial charge in [-0.2, -0.15) is 13.2 Å². The van der Waals surface area contributed by atoms with Crippen molar-refractivity contribution in [2.75, 3.05) is 25.5 Å². The minimum atomic E-state index is -4.25. The van der Waals surface area contributed by atoms with Crippen molar-refractivity contribution in [2.24, 2.45) is 5.92 Å². The zero-order valence-corrected chi connectivity index (χ0v) is 14.5. The van der Waals surface area contributed by atoms with Crippen LogP contribution in [0.1, 0.15) is 0 Å². The third-order valence-corrected chi connectivity index (χ3v) is 4.69. The molecule has 0 radical (unpaired) electrons. The second-order valence-corrected chi connectivity index (χ2v) is 6.41. The quantitative estimate of drug-likeness (QED) is 0.732. The summed E-state index contributed by atoms with van der Waals surface area (Å²) in [5.74, 6) is -0.377. The number of hydrogen-bond acceptors (Lipinski definition) is 5. The number of alkyl halides is 3. The van der Waals surface area contributed by atoms with Gasteiger partial charge in [-0.1, -0.05) is 6.07 Å². The number of aromatic nitrogens is 3. The summed E-state index contributed by atoms with van der Waals surface area (Å²) in [7, 11) is 1.58. The lowest BCUT2D eigenvalue weighted by molar-refractivity contribution is -0.170. The number of pyridine rings is 2. The standard InChI is InChI=1S/C18H18F3N5O/c1-27-11-5-6-17-23-9-15(26(17)10-11)13-3-2-4-16(24-13)25-14-8-22-7-12(14)18(19,20)21/h2-6,9-10,12,14,22H,7-8H2,1H3,(H,24,25)/t12-,14-/m0/s1. The summed E-state index contributed by atoms with van der Waals surface area (Å²) in [6, 6.07) is 8.09. The Kier molecular flexibility index (Phi) is 4.39. The second kappa shape index (κ2) is 6.73. The number of ether oxygens (including phenoxy) is 1. The second-order valence-electron chi connectivity index (χ2n) is 6.41. The zero-order valence-electron chi connectivity index (χ0n) is 14.5. The molecule has 0 amide bonds. The summed E-state index contributed by atoms with van der Waals surface area (Å²) in [4.78, 5) is 8.83. The summed E-state index contributed by atoms with van der Waals surface area (Å²) < 4.78 is 46.5. The molecule has 142 valence electrons. The lowest BCUT2D eigenvalue weighted by atomic mass is 10.0. The molecule has 1 saturated heterocycles. The summed E-state index contributed by atoms with van der Waals surface area (Å²) in [5, 5.41) is 5.71. The number of rotatable bonds is 4. The van der Waals surface area contributed by atoms with Crippen molar-refractivity contribution in [1.29, 1.82) is 0 Å². The molecule has 1 aliphatic heterocycles. The molecule has 0 aromatic carbocycles. The molecular weight excluding hydrogens is 359 g/mol. The Morgan fingerprint density at radius 2 is 2.07 bits per heavy atom. The van der Waals surface area contributed by atoms with Crippen LogP contribution in [0.3, 0.4) is 0 Å². The molecule has 4 heterocycles. The summed E-state index contributed by atoms with van der Waals surface area (Å²) >= 11 is 0. The predicted octanol–water partition coefficient (Wildman–Crippen LogP) is 2.97. The van der Waals surface area contributed by atoms with E-state index in [9.17, 15) is 13.2 Å². The number of anilines is 1. The SMILES string of the molecule is COc1ccc2ncc(-c3cccc(N[C@H]4CNC[C@@H]4C(F)(F)F)n3)n2c1. The van der Waals surface area contributed by atoms with E-state index < -0.39 is 18.1 Å². The molecule has 3 aromatic rings. The highest BCUT2D eigenvalue weighted by molar-refractivity contribution is 5.62. The Morgan fingerprint density at radius 3 is 2.85 bits per heavy atom. The summed E-state index contributed by atoms with van der Waals surface area (Å²) in [6.45, 7) is 0.150. The Morgan fingerprint density at radius 1 is 1.22 bits per heavy atom. The summed E-state index contributed by atoms with van der Waals surface area (Å²) in [6.07, 6.45) is -0.784. The van der Waals surface area contributed by atoms with Gasteiger partial charge in [0.15, 0.2) is 0 Å². The van der Waals surface area contributed by atoms with Crippen molar-refractivity contribution in [3.8, 4) is 17.1 Å². The molecule has 27 heavy (non-hydrogen) atoms. The van der Waals surface area contributed by atoms with Crippen LogP contribution in [0.2, 0.25) is 0 Å². The maximum atomic E-state index is 13.1. The van der Waals surface area contributed by atoms with Gasteiger partial charge in [-0.05, 0) is 24.3 Å². The van der Waals surface area contributed by atoms with Crippen molar-refractivity contribution >= 4 is 11.5 Å². The summed E-state index contributed by atoms with van der Waals surface area (Å²) in [5.41, 5.74) is 2.06. The first-order valence-electron chi connectivity index (χ1n) is 8.48. The minimum Gasteiger partial charge on any atom is -0.495 e. The van der Waals surface area contributed by atoms with E-state index >= 15 is 0 Å². The number of methoxy groups -OCH3 is 1. The predicted molar refractivity (Wildman–Crippen MR) is 94.8 cm³/mol. The highest BCUT2D eigenvalue weighted by atomic mass is 19.4. The Labute approximate surface area is 153 Å². The fraction of sp³-hybridized carbons (Fsp3) is 0.333. The molecule has 0 bridgehead atoms. The van der Waals surface area contributed by atoms with E-state index in [1.54, 1.807) is 37.7 Å². The van der Waals surface area contributed by atoms with Gasteiger partial charge < -0.3 is 15.4 Å². The Bertz CT molecular complexity index is 956. The minimum absolute atomic E-state index is 0.0894. The van der Waals surface area contributed by atoms with Crippen LogP contribution in [0.15, 0.2) is 42.7 Å². The zero-order chi connectivity index (χ0) is 19.0. The van der Waals surface area contributed by atoms with Gasteiger partial charge in [0.05, 0.1) is 42.9 Å². The highest BCUT2D eigenvalue weighted by Gasteiger charge is 2.47. The number of nitrogens with zero attached hydrogens (tertiary/aromatic N) is 3. The van der Waals surface area contributed by atoms with E-state index in [1.165, 1.54) is 0 Å². The van der Waals surface area contributed by atoms with Gasteiger partial charge in [0.2, 0.25) is 0 Å². The fourth-order valence-electron chi connectivity index (χ4n) is 3.29. The lowest BCUT2D eigenvalue weighted by Gasteiger charge is -2.22. The van der Waals surface area contributed by atoms with Gasteiger partial charge in [0.25, 0.3) is 0 Å². The first-order chi connectivity index (χ1) is 13.0. The van der Waals surface area contributed by atoms with Crippen LogP contribution in [-0.2, 0) is 0 Å². The van der Waals surface area contributed by atoms with E-state index in [0.29, 0.717) is 17.3 Å². The van der Waals surface area contributed by atoms with E-state index in [2.05, 4.69) is 20.6 Å². The molecule has 1 aliphatic rings. The highest BCUT2D eigenvalue weighted by Crippen LogP contribution is 2.32. The molecule has 0 aliphatic carbocycles. The third kappa shape index (κ3) is 3.42. The normalized spacial score (nSPS) is 20.1. The van der Waals surface area contributed by atoms with Crippen LogP contribution < -0.4 is 15.4 Å². The van der Waals surface area contributed by atoms with Crippen molar-refractivity contribution in [2.45, 2.75) is 12.2 Å². The lowest BCUT2D eigenvalue weighted by Crippen LogP contribution is -2.38. The number of fused-ring (bicyclic) bond motifs is 1. The van der Waals surface area contributed by atoms with Gasteiger partial charge in [0, 0.05) is 13.1 Å². The molecule has 2 atom stereocenters. The molecule has 2 N–H and O–H groups in total. The number of nitrogens with one attached hydrogen (secondary N) is 2. The molecular formula is C18H18F3N5O. The monoisotopic (exact) mass is 377 g/mol. The van der Waals surface area contributed by atoms with Gasteiger partial charge in [-0.15, -0.1) is 0 Å². The molecule has 3 aromatic heterocycles. The number of halogens is 3. The third-order valence-electron chi connectivity index (χ3n) is 4.69. The van der Waals surface area contributed by atoms with Crippen molar-refractivity contribution in [3.05, 3.63) is 42.7 Å². The van der Waals surface area contributed by atoms with Crippen LogP contribution in [0.25, 0.3) is 17.0 Å². The van der Waals surface area contributed by atoms with Crippen molar-refractivity contribution in [1.82, 2.24) is 19.7 Å². The van der Waals surface area contributed by atoms with Crippen LogP contribution in [-0.4, -0.2) is 46.8 Å². The number of hydrogen-bond donors (Lipinski definition) is 2. The van der Waals surface area contributed by atoms with Crippen LogP contribution in [0, 0.1) is 5.92 Å². The van der Waals surface area contributed by atoms with Gasteiger partial charge in [0.1, 0.15) is 17.2 Å². The van der Waals surface area contributed by atoms with Crippen LogP contribution >= 0.6 is 0 Å². The first-order valence-corrected chi connectivity index (χ1v) is 8.48. The molecule has 6 nitrogen and oxygen atoms in total. The Hall–Kier alpha value is -2.81. The largest absolute Gasteiger partial charge is 0.495 e. The van der Waals surface area contributed by atoms with Gasteiger partial charge >= 0.3 is 6.18 Å². The molecule has 0 saturated carbocycles. The van der Waals surface area contributed by atoms with Crippen molar-refractivity contribution in [3.63, 3.8) is 0 Å². The molecule has 9 heteroatoms. The molecule has 0 spiro atoms. The van der Waals surface area contributed by atoms with Gasteiger partial charge in [-0.3, -0.25) is 4.40 Å². The molecule has 0 unspecified atom stereocenters. The van der Waals surface area contributed by atoms with Crippen LogP contribution in [0.4, 0.5) is 19.0 Å². The topological polar surface area (TPSA) is 63.5 Å². The Balaban J connectivity index is 1.64. The van der Waals surface area contributed by atoms with E-state index in [1.807, 2.05) is 16.5 Å². The van der Waals surface area contributed by atoms with Crippen LogP contribution in [0.5, 0.6) is 5.75 Å². The maximum Gasteiger partial charge on any atom is 0.395 e. The first kappa shape index (κ1) is 17.6. The fourth-order valence-corrected chi connectivity index (χ4v) is 3.29. The van der Waals surface area contributed by atoms with E-state index in [0.717, 1.165) is 11.3 Å². The maximum absolute atomic E-state index is 13.1. The molecule has 1 fully saturated rings.